The minimum absolute atomic E-state index is 0.00458. The fraction of sp³-hybridized carbons (Fsp3) is 0.667. The van der Waals surface area contributed by atoms with E-state index in [-0.39, 0.29) is 12.1 Å². The van der Waals surface area contributed by atoms with Gasteiger partial charge in [0.1, 0.15) is 17.5 Å². The topological polar surface area (TPSA) is 62.9 Å². The zero-order chi connectivity index (χ0) is 14.8. The van der Waals surface area contributed by atoms with Gasteiger partial charge in [-0.05, 0) is 45.7 Å². The Labute approximate surface area is 119 Å². The molecule has 1 fully saturated rings. The number of likely N-dealkylation sites (tertiary alicyclic amines) is 1. The minimum Gasteiger partial charge on any atom is -0.467 e. The van der Waals surface area contributed by atoms with E-state index in [0.29, 0.717) is 18.7 Å². The van der Waals surface area contributed by atoms with Crippen LogP contribution in [0.4, 0.5) is 4.79 Å². The first-order chi connectivity index (χ1) is 9.37. The SMILES string of the molecule is CC(C)(C)OC(=O)N1CCC[C@@H]1C[C@@H](O)c1ccco1. The van der Waals surface area contributed by atoms with Gasteiger partial charge in [0.05, 0.1) is 6.26 Å². The summed E-state index contributed by atoms with van der Waals surface area (Å²) in [5.74, 6) is 0.543. The third kappa shape index (κ3) is 3.76. The molecule has 1 aliphatic rings. The molecule has 1 aromatic heterocycles. The van der Waals surface area contributed by atoms with Crippen molar-refractivity contribution in [2.75, 3.05) is 6.54 Å². The number of rotatable bonds is 3. The van der Waals surface area contributed by atoms with Gasteiger partial charge in [0.15, 0.2) is 0 Å². The van der Waals surface area contributed by atoms with Crippen molar-refractivity contribution in [2.45, 2.75) is 57.8 Å². The van der Waals surface area contributed by atoms with E-state index in [9.17, 15) is 9.90 Å². The Kier molecular flexibility index (Phi) is 4.38. The summed E-state index contributed by atoms with van der Waals surface area (Å²) in [6.07, 6.45) is 2.86. The molecule has 0 aliphatic carbocycles. The average molecular weight is 281 g/mol. The van der Waals surface area contributed by atoms with Crippen LogP contribution in [-0.4, -0.2) is 34.3 Å². The van der Waals surface area contributed by atoms with E-state index in [1.165, 1.54) is 0 Å². The molecule has 0 spiro atoms. The molecule has 0 aromatic carbocycles. The highest BCUT2D eigenvalue weighted by atomic mass is 16.6. The van der Waals surface area contributed by atoms with Crippen LogP contribution in [0.15, 0.2) is 22.8 Å². The summed E-state index contributed by atoms with van der Waals surface area (Å²) in [6.45, 7) is 6.25. The average Bonchev–Trinajstić information content (AvgIpc) is 2.96. The summed E-state index contributed by atoms with van der Waals surface area (Å²) in [4.78, 5) is 13.9. The number of aliphatic hydroxyl groups excluding tert-OH is 1. The van der Waals surface area contributed by atoms with E-state index >= 15 is 0 Å². The van der Waals surface area contributed by atoms with Gasteiger partial charge >= 0.3 is 6.09 Å². The van der Waals surface area contributed by atoms with Crippen molar-refractivity contribution in [1.29, 1.82) is 0 Å². The Balaban J connectivity index is 1.95. The lowest BCUT2D eigenvalue weighted by molar-refractivity contribution is 0.0168. The predicted molar refractivity (Wildman–Crippen MR) is 74.2 cm³/mol. The van der Waals surface area contributed by atoms with Gasteiger partial charge < -0.3 is 19.2 Å². The van der Waals surface area contributed by atoms with E-state index in [1.54, 1.807) is 23.3 Å². The van der Waals surface area contributed by atoms with Gasteiger partial charge in [-0.3, -0.25) is 0 Å². The Morgan fingerprint density at radius 2 is 2.35 bits per heavy atom. The molecular weight excluding hydrogens is 258 g/mol. The highest BCUT2D eigenvalue weighted by Gasteiger charge is 2.33. The predicted octanol–water partition coefficient (Wildman–Crippen LogP) is 3.10. The molecule has 1 N–H and O–H groups in total. The number of hydrogen-bond donors (Lipinski definition) is 1. The summed E-state index contributed by atoms with van der Waals surface area (Å²) in [6, 6.07) is 3.50. The number of hydrogen-bond acceptors (Lipinski definition) is 4. The molecule has 5 heteroatoms. The molecule has 1 amide bonds. The molecule has 2 rings (SSSR count). The van der Waals surface area contributed by atoms with Crippen molar-refractivity contribution < 1.29 is 19.1 Å². The lowest BCUT2D eigenvalue weighted by Gasteiger charge is -2.29. The Morgan fingerprint density at radius 3 is 2.95 bits per heavy atom. The Bertz CT molecular complexity index is 435. The van der Waals surface area contributed by atoms with Crippen molar-refractivity contribution in [3.05, 3.63) is 24.2 Å². The van der Waals surface area contributed by atoms with Crippen molar-refractivity contribution in [1.82, 2.24) is 4.90 Å². The first-order valence-electron chi connectivity index (χ1n) is 7.08. The Morgan fingerprint density at radius 1 is 1.60 bits per heavy atom. The third-order valence-electron chi connectivity index (χ3n) is 3.37. The van der Waals surface area contributed by atoms with Crippen LogP contribution in [0.5, 0.6) is 0 Å². The molecule has 0 saturated carbocycles. The molecule has 20 heavy (non-hydrogen) atoms. The maximum Gasteiger partial charge on any atom is 0.410 e. The van der Waals surface area contributed by atoms with Gasteiger partial charge in [-0.25, -0.2) is 4.79 Å². The standard InChI is InChI=1S/C15H23NO4/c1-15(2,3)20-14(18)16-8-4-6-11(16)10-12(17)13-7-5-9-19-13/h5,7,9,11-12,17H,4,6,8,10H2,1-3H3/t11-,12-/m1/s1. The molecule has 1 aromatic rings. The molecule has 1 aliphatic heterocycles. The van der Waals surface area contributed by atoms with E-state index in [1.807, 2.05) is 20.8 Å². The summed E-state index contributed by atoms with van der Waals surface area (Å²) in [5.41, 5.74) is -0.496. The van der Waals surface area contributed by atoms with Crippen molar-refractivity contribution in [3.63, 3.8) is 0 Å². The maximum absolute atomic E-state index is 12.1. The van der Waals surface area contributed by atoms with E-state index < -0.39 is 11.7 Å². The van der Waals surface area contributed by atoms with Gasteiger partial charge in [0, 0.05) is 19.0 Å². The minimum atomic E-state index is -0.682. The van der Waals surface area contributed by atoms with Crippen LogP contribution in [0.3, 0.4) is 0 Å². The first-order valence-corrected chi connectivity index (χ1v) is 7.08. The quantitative estimate of drug-likeness (QED) is 0.924. The second-order valence-corrected chi connectivity index (χ2v) is 6.24. The zero-order valence-electron chi connectivity index (χ0n) is 12.3. The van der Waals surface area contributed by atoms with Gasteiger partial charge in [-0.15, -0.1) is 0 Å². The number of nitrogens with zero attached hydrogens (tertiary/aromatic N) is 1. The number of carbonyl (C=O) groups is 1. The number of furan rings is 1. The second kappa shape index (κ2) is 5.87. The normalized spacial score (nSPS) is 21.0. The van der Waals surface area contributed by atoms with Crippen molar-refractivity contribution in [3.8, 4) is 0 Å². The molecule has 112 valence electrons. The zero-order valence-corrected chi connectivity index (χ0v) is 12.3. The van der Waals surface area contributed by atoms with Gasteiger partial charge in [0.2, 0.25) is 0 Å². The monoisotopic (exact) mass is 281 g/mol. The molecule has 5 nitrogen and oxygen atoms in total. The first kappa shape index (κ1) is 14.9. The molecule has 2 atom stereocenters. The molecule has 0 unspecified atom stereocenters. The van der Waals surface area contributed by atoms with E-state index in [4.69, 9.17) is 9.15 Å². The molecule has 0 bridgehead atoms. The molecule has 1 saturated heterocycles. The van der Waals surface area contributed by atoms with Crippen LogP contribution in [0, 0.1) is 0 Å². The highest BCUT2D eigenvalue weighted by molar-refractivity contribution is 5.68. The lowest BCUT2D eigenvalue weighted by Crippen LogP contribution is -2.40. The Hall–Kier alpha value is -1.49. The van der Waals surface area contributed by atoms with Crippen molar-refractivity contribution >= 4 is 6.09 Å². The summed E-state index contributed by atoms with van der Waals surface area (Å²) >= 11 is 0. The van der Waals surface area contributed by atoms with Crippen LogP contribution in [0.2, 0.25) is 0 Å². The molecule has 2 heterocycles. The van der Waals surface area contributed by atoms with Crippen LogP contribution in [0.25, 0.3) is 0 Å². The number of ether oxygens (including phenoxy) is 1. The number of carbonyl (C=O) groups excluding carboxylic acids is 1. The van der Waals surface area contributed by atoms with E-state index in [0.717, 1.165) is 12.8 Å². The van der Waals surface area contributed by atoms with Gasteiger partial charge in [0.25, 0.3) is 0 Å². The van der Waals surface area contributed by atoms with Crippen molar-refractivity contribution in [2.24, 2.45) is 0 Å². The lowest BCUT2D eigenvalue weighted by atomic mass is 10.1. The molecular formula is C15H23NO4. The maximum atomic E-state index is 12.1. The smallest absolute Gasteiger partial charge is 0.410 e. The van der Waals surface area contributed by atoms with Crippen LogP contribution in [-0.2, 0) is 4.74 Å². The molecule has 0 radical (unpaired) electrons. The second-order valence-electron chi connectivity index (χ2n) is 6.24. The third-order valence-corrected chi connectivity index (χ3v) is 3.37. The fourth-order valence-electron chi connectivity index (χ4n) is 2.50. The van der Waals surface area contributed by atoms with E-state index in [2.05, 4.69) is 0 Å². The number of aliphatic hydroxyl groups is 1. The largest absolute Gasteiger partial charge is 0.467 e. The van der Waals surface area contributed by atoms with Crippen LogP contribution >= 0.6 is 0 Å². The van der Waals surface area contributed by atoms with Crippen LogP contribution in [0.1, 0.15) is 51.9 Å². The fourth-order valence-corrected chi connectivity index (χ4v) is 2.50. The summed E-state index contributed by atoms with van der Waals surface area (Å²) in [7, 11) is 0. The summed E-state index contributed by atoms with van der Waals surface area (Å²) in [5, 5.41) is 10.1. The van der Waals surface area contributed by atoms with Gasteiger partial charge in [-0.1, -0.05) is 0 Å². The van der Waals surface area contributed by atoms with Gasteiger partial charge in [-0.2, -0.15) is 0 Å². The number of amides is 1. The van der Waals surface area contributed by atoms with Crippen LogP contribution < -0.4 is 0 Å². The highest BCUT2D eigenvalue weighted by Crippen LogP contribution is 2.28. The summed E-state index contributed by atoms with van der Waals surface area (Å²) < 4.78 is 10.6.